The Kier molecular flexibility index (Phi) is 9.30. The molecule has 0 aromatic carbocycles. The maximum atomic E-state index is 12.9. The third-order valence-corrected chi connectivity index (χ3v) is 9.21. The maximum absolute atomic E-state index is 12.9. The Morgan fingerprint density at radius 3 is 2.39 bits per heavy atom. The fourth-order valence-corrected chi connectivity index (χ4v) is 6.70. The minimum atomic E-state index is -1.09. The first-order valence-corrected chi connectivity index (χ1v) is 13.6. The summed E-state index contributed by atoms with van der Waals surface area (Å²) in [5.74, 6) is -1.57. The van der Waals surface area contributed by atoms with Gasteiger partial charge in [-0.25, -0.2) is 0 Å². The van der Waals surface area contributed by atoms with E-state index in [0.717, 1.165) is 18.4 Å². The molecule has 0 aromatic heterocycles. The molecule has 2 aliphatic carbocycles. The van der Waals surface area contributed by atoms with Gasteiger partial charge in [0.25, 0.3) is 0 Å². The van der Waals surface area contributed by atoms with Gasteiger partial charge in [0.05, 0.1) is 17.4 Å². The van der Waals surface area contributed by atoms with Crippen molar-refractivity contribution in [1.29, 1.82) is 0 Å². The fourth-order valence-electron chi connectivity index (χ4n) is 6.70. The zero-order valence-corrected chi connectivity index (χ0v) is 23.9. The standard InChI is InChI=1S/C30H44O8/c1-10-17(3)12-13-29(8)19(5)14-25(34-9)30-23(27(35-20(6)31)38-28(30)36-21(7)32)15-22(16-24(29)30)37-26(33)18(4)11-2/h10,15,18-19,22,24-25,27-28H,1,3,11-14,16H2,2,4-9H3/t18?,19-,22+,24?,25+,27+,28-,29-,30?/m0/s1. The van der Waals surface area contributed by atoms with Crippen LogP contribution in [0, 0.1) is 28.6 Å². The fraction of sp³-hybridized carbons (Fsp3) is 0.700. The predicted molar refractivity (Wildman–Crippen MR) is 141 cm³/mol. The van der Waals surface area contributed by atoms with Crippen LogP contribution < -0.4 is 0 Å². The normalized spacial score (nSPS) is 36.7. The number of carbonyl (C=O) groups excluding carboxylic acids is 3. The van der Waals surface area contributed by atoms with E-state index in [1.165, 1.54) is 13.8 Å². The topological polar surface area (TPSA) is 97.4 Å². The summed E-state index contributed by atoms with van der Waals surface area (Å²) < 4.78 is 29.8. The second-order valence-electron chi connectivity index (χ2n) is 11.4. The van der Waals surface area contributed by atoms with E-state index in [2.05, 4.69) is 27.0 Å². The molecule has 0 aromatic rings. The monoisotopic (exact) mass is 532 g/mol. The van der Waals surface area contributed by atoms with Crippen molar-refractivity contribution in [2.75, 3.05) is 7.11 Å². The van der Waals surface area contributed by atoms with Crippen molar-refractivity contribution in [3.63, 3.8) is 0 Å². The van der Waals surface area contributed by atoms with Crippen molar-refractivity contribution in [1.82, 2.24) is 0 Å². The number of carbonyl (C=O) groups is 3. The Hall–Kier alpha value is -2.45. The van der Waals surface area contributed by atoms with Gasteiger partial charge in [-0.1, -0.05) is 52.5 Å². The summed E-state index contributed by atoms with van der Waals surface area (Å²) in [6, 6.07) is 0. The summed E-state index contributed by atoms with van der Waals surface area (Å²) in [5.41, 5.74) is 0.319. The number of allylic oxidation sites excluding steroid dienone is 2. The number of ether oxygens (including phenoxy) is 5. The van der Waals surface area contributed by atoms with Crippen LogP contribution in [0.15, 0.2) is 36.5 Å². The van der Waals surface area contributed by atoms with Crippen LogP contribution in [0.2, 0.25) is 0 Å². The van der Waals surface area contributed by atoms with Crippen LogP contribution in [0.4, 0.5) is 0 Å². The summed E-state index contributed by atoms with van der Waals surface area (Å²) in [6.45, 7) is 18.8. The van der Waals surface area contributed by atoms with Crippen LogP contribution in [0.1, 0.15) is 73.6 Å². The Balaban J connectivity index is 2.22. The molecule has 1 saturated carbocycles. The molecule has 2 fully saturated rings. The molecule has 3 rings (SSSR count). The zero-order chi connectivity index (χ0) is 28.4. The van der Waals surface area contributed by atoms with Crippen molar-refractivity contribution in [2.45, 2.75) is 98.4 Å². The Morgan fingerprint density at radius 1 is 1.18 bits per heavy atom. The van der Waals surface area contributed by atoms with Crippen LogP contribution in [-0.2, 0) is 38.1 Å². The molecule has 0 N–H and O–H groups in total. The highest BCUT2D eigenvalue weighted by molar-refractivity contribution is 5.72. The largest absolute Gasteiger partial charge is 0.458 e. The molecular weight excluding hydrogens is 488 g/mol. The van der Waals surface area contributed by atoms with E-state index < -0.39 is 36.0 Å². The van der Waals surface area contributed by atoms with Crippen LogP contribution in [-0.4, -0.2) is 49.8 Å². The molecule has 8 nitrogen and oxygen atoms in total. The highest BCUT2D eigenvalue weighted by atomic mass is 16.8. The molecule has 9 atom stereocenters. The second kappa shape index (κ2) is 11.7. The highest BCUT2D eigenvalue weighted by Gasteiger charge is 2.71. The molecule has 1 saturated heterocycles. The summed E-state index contributed by atoms with van der Waals surface area (Å²) in [5, 5.41) is 0. The Bertz CT molecular complexity index is 985. The Labute approximate surface area is 226 Å². The molecule has 1 aliphatic heterocycles. The predicted octanol–water partition coefficient (Wildman–Crippen LogP) is 5.27. The van der Waals surface area contributed by atoms with E-state index in [1.54, 1.807) is 13.2 Å². The van der Waals surface area contributed by atoms with E-state index in [-0.39, 0.29) is 35.2 Å². The quantitative estimate of drug-likeness (QED) is 0.162. The Morgan fingerprint density at radius 2 is 1.84 bits per heavy atom. The number of hydrogen-bond donors (Lipinski definition) is 0. The molecular formula is C30H44O8. The lowest BCUT2D eigenvalue weighted by Crippen LogP contribution is -2.63. The number of methoxy groups -OCH3 is 1. The molecule has 0 radical (unpaired) electrons. The number of rotatable bonds is 10. The van der Waals surface area contributed by atoms with E-state index in [4.69, 9.17) is 23.7 Å². The lowest BCUT2D eigenvalue weighted by atomic mass is 9.45. The number of esters is 3. The van der Waals surface area contributed by atoms with Gasteiger partial charge in [0.2, 0.25) is 12.6 Å². The summed E-state index contributed by atoms with van der Waals surface area (Å²) in [7, 11) is 1.64. The molecule has 1 spiro atoms. The van der Waals surface area contributed by atoms with Crippen molar-refractivity contribution in [3.05, 3.63) is 36.5 Å². The maximum Gasteiger partial charge on any atom is 0.309 e. The third-order valence-electron chi connectivity index (χ3n) is 9.21. The summed E-state index contributed by atoms with van der Waals surface area (Å²) in [6.07, 6.45) is 3.86. The molecule has 3 unspecified atom stereocenters. The van der Waals surface area contributed by atoms with Gasteiger partial charge >= 0.3 is 17.9 Å². The van der Waals surface area contributed by atoms with Gasteiger partial charge in [0, 0.05) is 26.5 Å². The molecule has 8 heteroatoms. The van der Waals surface area contributed by atoms with Gasteiger partial charge in [-0.3, -0.25) is 19.1 Å². The van der Waals surface area contributed by atoms with Crippen LogP contribution in [0.25, 0.3) is 0 Å². The smallest absolute Gasteiger partial charge is 0.309 e. The van der Waals surface area contributed by atoms with Gasteiger partial charge < -0.3 is 18.9 Å². The van der Waals surface area contributed by atoms with Crippen LogP contribution in [0.3, 0.4) is 0 Å². The molecule has 0 bridgehead atoms. The van der Waals surface area contributed by atoms with Crippen LogP contribution >= 0.6 is 0 Å². The van der Waals surface area contributed by atoms with Crippen molar-refractivity contribution < 1.29 is 38.1 Å². The van der Waals surface area contributed by atoms with Gasteiger partial charge in [0.15, 0.2) is 0 Å². The highest BCUT2D eigenvalue weighted by Crippen LogP contribution is 2.68. The van der Waals surface area contributed by atoms with Crippen molar-refractivity contribution in [3.8, 4) is 0 Å². The molecule has 38 heavy (non-hydrogen) atoms. The first-order valence-electron chi connectivity index (χ1n) is 13.6. The van der Waals surface area contributed by atoms with Gasteiger partial charge in [-0.05, 0) is 55.4 Å². The third kappa shape index (κ3) is 5.34. The van der Waals surface area contributed by atoms with E-state index in [9.17, 15) is 14.4 Å². The van der Waals surface area contributed by atoms with E-state index in [0.29, 0.717) is 24.8 Å². The van der Waals surface area contributed by atoms with Gasteiger partial charge in [-0.15, -0.1) is 0 Å². The first-order chi connectivity index (χ1) is 17.8. The van der Waals surface area contributed by atoms with Crippen molar-refractivity contribution >= 4 is 17.9 Å². The van der Waals surface area contributed by atoms with Crippen molar-refractivity contribution in [2.24, 2.45) is 28.6 Å². The number of hydrogen-bond acceptors (Lipinski definition) is 8. The van der Waals surface area contributed by atoms with E-state index >= 15 is 0 Å². The summed E-state index contributed by atoms with van der Waals surface area (Å²) >= 11 is 0. The summed E-state index contributed by atoms with van der Waals surface area (Å²) in [4.78, 5) is 37.3. The average Bonchev–Trinajstić information content (AvgIpc) is 3.15. The minimum absolute atomic E-state index is 0.194. The second-order valence-corrected chi connectivity index (χ2v) is 11.4. The minimum Gasteiger partial charge on any atom is -0.458 e. The molecule has 212 valence electrons. The SMILES string of the molecule is C=CC(=C)CC[C@]1(C)C2C[C@H](OC(=O)C(C)CC)C=C3[C@H](OC(C)=O)O[C@H](OC(C)=O)C32[C@H](OC)C[C@@H]1C. The van der Waals surface area contributed by atoms with Crippen LogP contribution in [0.5, 0.6) is 0 Å². The molecule has 1 heterocycles. The van der Waals surface area contributed by atoms with E-state index in [1.807, 2.05) is 19.9 Å². The van der Waals surface area contributed by atoms with Gasteiger partial charge in [-0.2, -0.15) is 0 Å². The lowest BCUT2D eigenvalue weighted by molar-refractivity contribution is -0.258. The van der Waals surface area contributed by atoms with Gasteiger partial charge in [0.1, 0.15) is 6.10 Å². The zero-order valence-electron chi connectivity index (χ0n) is 23.9. The lowest BCUT2D eigenvalue weighted by Gasteiger charge is -2.61. The first kappa shape index (κ1) is 30.1. The molecule has 0 amide bonds. The molecule has 3 aliphatic rings. The average molecular weight is 533 g/mol.